The molecular formula is C24H25ClN4O4S2. The molecular weight excluding hydrogens is 508 g/mol. The van der Waals surface area contributed by atoms with Crippen molar-refractivity contribution < 1.29 is 18.0 Å². The molecule has 0 atom stereocenters. The number of nitrogens with two attached hydrogens (primary N) is 1. The number of anilines is 1. The summed E-state index contributed by atoms with van der Waals surface area (Å²) in [7, 11) is -3.60. The number of primary amides is 1. The van der Waals surface area contributed by atoms with Gasteiger partial charge in [-0.1, -0.05) is 11.6 Å². The average molecular weight is 533 g/mol. The number of rotatable bonds is 8. The van der Waals surface area contributed by atoms with Gasteiger partial charge < -0.3 is 16.4 Å². The Kier molecular flexibility index (Phi) is 7.75. The van der Waals surface area contributed by atoms with Crippen molar-refractivity contribution in [3.8, 4) is 0 Å². The SMILES string of the molecule is NC(=O)c1ccc(NC2CCN(S(=O)(=O)c3ccc(CNC(=O)c4ccc(Cl)cc4)s3)CC2)cc1. The Morgan fingerprint density at radius 2 is 1.60 bits per heavy atom. The minimum Gasteiger partial charge on any atom is -0.382 e. The molecule has 2 aromatic carbocycles. The second-order valence-corrected chi connectivity index (χ2v) is 11.9. The molecule has 0 bridgehead atoms. The van der Waals surface area contributed by atoms with Gasteiger partial charge in [-0.3, -0.25) is 9.59 Å². The Balaban J connectivity index is 1.30. The maximum atomic E-state index is 13.1. The van der Waals surface area contributed by atoms with Crippen LogP contribution < -0.4 is 16.4 Å². The Bertz CT molecular complexity index is 1300. The van der Waals surface area contributed by atoms with E-state index in [2.05, 4.69) is 10.6 Å². The number of amides is 2. The molecule has 0 saturated carbocycles. The van der Waals surface area contributed by atoms with Crippen LogP contribution in [-0.2, 0) is 16.6 Å². The summed E-state index contributed by atoms with van der Waals surface area (Å²) in [5.74, 6) is -0.728. The van der Waals surface area contributed by atoms with Crippen molar-refractivity contribution in [1.82, 2.24) is 9.62 Å². The van der Waals surface area contributed by atoms with Crippen LogP contribution in [0.2, 0.25) is 5.02 Å². The molecule has 1 aliphatic heterocycles. The van der Waals surface area contributed by atoms with Gasteiger partial charge in [-0.25, -0.2) is 8.42 Å². The minimum absolute atomic E-state index is 0.128. The van der Waals surface area contributed by atoms with E-state index in [0.29, 0.717) is 42.1 Å². The van der Waals surface area contributed by atoms with E-state index in [0.717, 1.165) is 21.9 Å². The summed E-state index contributed by atoms with van der Waals surface area (Å²) in [4.78, 5) is 24.2. The molecule has 4 rings (SSSR count). The summed E-state index contributed by atoms with van der Waals surface area (Å²) >= 11 is 7.01. The van der Waals surface area contributed by atoms with Crippen LogP contribution in [0.1, 0.15) is 38.4 Å². The molecule has 11 heteroatoms. The number of sulfonamides is 1. The van der Waals surface area contributed by atoms with Crippen LogP contribution in [0.25, 0.3) is 0 Å². The highest BCUT2D eigenvalue weighted by Gasteiger charge is 2.30. The minimum atomic E-state index is -3.60. The molecule has 2 amide bonds. The molecule has 3 aromatic rings. The molecule has 4 N–H and O–H groups in total. The summed E-state index contributed by atoms with van der Waals surface area (Å²) in [6.45, 7) is 1.04. The molecule has 184 valence electrons. The summed E-state index contributed by atoms with van der Waals surface area (Å²) in [6, 6.07) is 16.9. The molecule has 0 unspecified atom stereocenters. The Morgan fingerprint density at radius 3 is 2.23 bits per heavy atom. The lowest BCUT2D eigenvalue weighted by atomic mass is 10.1. The molecule has 0 radical (unpaired) electrons. The van der Waals surface area contributed by atoms with E-state index >= 15 is 0 Å². The number of nitrogens with one attached hydrogen (secondary N) is 2. The fourth-order valence-corrected chi connectivity index (χ4v) is 6.84. The number of nitrogens with zero attached hydrogens (tertiary/aromatic N) is 1. The summed E-state index contributed by atoms with van der Waals surface area (Å²) in [5, 5.41) is 6.74. The third kappa shape index (κ3) is 6.21. The lowest BCUT2D eigenvalue weighted by molar-refractivity contribution is 0.0950. The fraction of sp³-hybridized carbons (Fsp3) is 0.250. The predicted octanol–water partition coefficient (Wildman–Crippen LogP) is 3.70. The van der Waals surface area contributed by atoms with Gasteiger partial charge >= 0.3 is 0 Å². The van der Waals surface area contributed by atoms with Gasteiger partial charge in [0.15, 0.2) is 0 Å². The van der Waals surface area contributed by atoms with Crippen LogP contribution >= 0.6 is 22.9 Å². The zero-order valence-corrected chi connectivity index (χ0v) is 21.1. The number of carbonyl (C=O) groups excluding carboxylic acids is 2. The predicted molar refractivity (Wildman–Crippen MR) is 137 cm³/mol. The first-order chi connectivity index (χ1) is 16.7. The van der Waals surface area contributed by atoms with Crippen LogP contribution in [-0.4, -0.2) is 43.7 Å². The van der Waals surface area contributed by atoms with Crippen molar-refractivity contribution >= 4 is 50.5 Å². The van der Waals surface area contributed by atoms with Gasteiger partial charge in [0.25, 0.3) is 15.9 Å². The Labute approximate surface area is 213 Å². The molecule has 0 spiro atoms. The largest absolute Gasteiger partial charge is 0.382 e. The normalized spacial score (nSPS) is 15.0. The van der Waals surface area contributed by atoms with Gasteiger partial charge in [0, 0.05) is 45.8 Å². The van der Waals surface area contributed by atoms with Crippen molar-refractivity contribution in [3.63, 3.8) is 0 Å². The van der Waals surface area contributed by atoms with E-state index in [-0.39, 0.29) is 22.7 Å². The van der Waals surface area contributed by atoms with Gasteiger partial charge in [0.1, 0.15) is 4.21 Å². The van der Waals surface area contributed by atoms with E-state index in [1.165, 1.54) is 4.31 Å². The van der Waals surface area contributed by atoms with Crippen LogP contribution in [0, 0.1) is 0 Å². The highest BCUT2D eigenvalue weighted by Crippen LogP contribution is 2.28. The summed E-state index contributed by atoms with van der Waals surface area (Å²) in [5.41, 5.74) is 7.06. The lowest BCUT2D eigenvalue weighted by Gasteiger charge is -2.31. The maximum absolute atomic E-state index is 13.1. The molecule has 35 heavy (non-hydrogen) atoms. The molecule has 0 aliphatic carbocycles. The Hall–Kier alpha value is -2.92. The van der Waals surface area contributed by atoms with Crippen molar-refractivity contribution in [3.05, 3.63) is 81.7 Å². The van der Waals surface area contributed by atoms with Crippen LogP contribution in [0.4, 0.5) is 5.69 Å². The van der Waals surface area contributed by atoms with Gasteiger partial charge in [-0.2, -0.15) is 4.31 Å². The van der Waals surface area contributed by atoms with E-state index < -0.39 is 15.9 Å². The number of halogens is 1. The molecule has 8 nitrogen and oxygen atoms in total. The van der Waals surface area contributed by atoms with Gasteiger partial charge in [0.2, 0.25) is 5.91 Å². The zero-order chi connectivity index (χ0) is 25.0. The van der Waals surface area contributed by atoms with Crippen molar-refractivity contribution in [1.29, 1.82) is 0 Å². The van der Waals surface area contributed by atoms with Gasteiger partial charge in [0.05, 0.1) is 6.54 Å². The van der Waals surface area contributed by atoms with E-state index in [1.807, 2.05) is 0 Å². The smallest absolute Gasteiger partial charge is 0.252 e. The van der Waals surface area contributed by atoms with Gasteiger partial charge in [-0.15, -0.1) is 11.3 Å². The quantitative estimate of drug-likeness (QED) is 0.408. The van der Waals surface area contributed by atoms with Crippen LogP contribution in [0.3, 0.4) is 0 Å². The molecule has 2 heterocycles. The number of thiophene rings is 1. The molecule has 1 saturated heterocycles. The first-order valence-corrected chi connectivity index (χ1v) is 13.6. The molecule has 1 aliphatic rings. The molecule has 1 aromatic heterocycles. The number of carbonyl (C=O) groups is 2. The highest BCUT2D eigenvalue weighted by molar-refractivity contribution is 7.91. The fourth-order valence-electron chi connectivity index (χ4n) is 3.80. The third-order valence-corrected chi connectivity index (χ3v) is 9.46. The second-order valence-electron chi connectivity index (χ2n) is 8.17. The number of hydrogen-bond acceptors (Lipinski definition) is 6. The zero-order valence-electron chi connectivity index (χ0n) is 18.7. The summed E-state index contributed by atoms with van der Waals surface area (Å²) < 4.78 is 28.0. The topological polar surface area (TPSA) is 122 Å². The van der Waals surface area contributed by atoms with E-state index in [1.54, 1.807) is 60.7 Å². The first-order valence-electron chi connectivity index (χ1n) is 11.0. The number of benzene rings is 2. The average Bonchev–Trinajstić information content (AvgIpc) is 3.34. The second kappa shape index (κ2) is 10.8. The van der Waals surface area contributed by atoms with Crippen molar-refractivity contribution in [2.75, 3.05) is 18.4 Å². The van der Waals surface area contributed by atoms with Crippen molar-refractivity contribution in [2.24, 2.45) is 5.73 Å². The first kappa shape index (κ1) is 25.2. The highest BCUT2D eigenvalue weighted by atomic mass is 35.5. The number of piperidine rings is 1. The summed E-state index contributed by atoms with van der Waals surface area (Å²) in [6.07, 6.45) is 1.32. The monoisotopic (exact) mass is 532 g/mol. The standard InChI is InChI=1S/C24H25ClN4O4S2/c25-18-5-1-17(2-6-18)24(31)27-15-21-9-10-22(34-21)35(32,33)29-13-11-20(12-14-29)28-19-7-3-16(4-8-19)23(26)30/h1-10,20,28H,11-15H2,(H2,26,30)(H,27,31). The van der Waals surface area contributed by atoms with Crippen molar-refractivity contribution in [2.45, 2.75) is 29.6 Å². The maximum Gasteiger partial charge on any atom is 0.252 e. The number of hydrogen-bond donors (Lipinski definition) is 3. The van der Waals surface area contributed by atoms with Crippen LogP contribution in [0.5, 0.6) is 0 Å². The Morgan fingerprint density at radius 1 is 0.971 bits per heavy atom. The van der Waals surface area contributed by atoms with Crippen LogP contribution in [0.15, 0.2) is 64.9 Å². The third-order valence-electron chi connectivity index (χ3n) is 5.75. The van der Waals surface area contributed by atoms with Gasteiger partial charge in [-0.05, 0) is 73.5 Å². The van der Waals surface area contributed by atoms with E-state index in [9.17, 15) is 18.0 Å². The molecule has 1 fully saturated rings. The van der Waals surface area contributed by atoms with E-state index in [4.69, 9.17) is 17.3 Å². The lowest BCUT2D eigenvalue weighted by Crippen LogP contribution is -2.42.